The Morgan fingerprint density at radius 3 is 2.38 bits per heavy atom. The fourth-order valence-corrected chi connectivity index (χ4v) is 6.03. The maximum atomic E-state index is 12.9. The van der Waals surface area contributed by atoms with Crippen molar-refractivity contribution < 1.29 is 22.7 Å². The Kier molecular flexibility index (Phi) is 6.71. The number of carbonyl (C=O) groups is 1. The summed E-state index contributed by atoms with van der Waals surface area (Å²) in [4.78, 5) is 12.9. The van der Waals surface area contributed by atoms with Crippen molar-refractivity contribution in [1.29, 1.82) is 0 Å². The summed E-state index contributed by atoms with van der Waals surface area (Å²) in [5, 5.41) is 3.10. The van der Waals surface area contributed by atoms with E-state index in [4.69, 9.17) is 9.47 Å². The number of carbonyl (C=O) groups excluding carboxylic acids is 1. The average Bonchev–Trinajstić information content (AvgIpc) is 3.18. The molecule has 2 aliphatic heterocycles. The molecule has 0 aliphatic carbocycles. The largest absolute Gasteiger partial charge is 0.494 e. The van der Waals surface area contributed by atoms with E-state index in [0.29, 0.717) is 50.6 Å². The number of sulfonamides is 1. The van der Waals surface area contributed by atoms with Crippen molar-refractivity contribution in [2.24, 2.45) is 0 Å². The van der Waals surface area contributed by atoms with Crippen molar-refractivity contribution in [3.63, 3.8) is 0 Å². The molecule has 2 fully saturated rings. The van der Waals surface area contributed by atoms with Crippen LogP contribution in [0.3, 0.4) is 0 Å². The predicted octanol–water partition coefficient (Wildman–Crippen LogP) is 3.10. The molecule has 8 heteroatoms. The van der Waals surface area contributed by atoms with Gasteiger partial charge in [0.1, 0.15) is 5.75 Å². The first-order valence-corrected chi connectivity index (χ1v) is 12.7. The molecule has 172 valence electrons. The first kappa shape index (κ1) is 22.6. The summed E-state index contributed by atoms with van der Waals surface area (Å²) in [7, 11) is -3.23. The number of anilines is 1. The SMILES string of the molecule is CCOc1ccc(C2(CNC(=O)c3ccc(N4CCCS4(=O)=O)cc3)CCOCC2)cc1. The molecule has 0 atom stereocenters. The van der Waals surface area contributed by atoms with Gasteiger partial charge < -0.3 is 14.8 Å². The van der Waals surface area contributed by atoms with Crippen LogP contribution in [0.2, 0.25) is 0 Å². The third-order valence-electron chi connectivity index (χ3n) is 6.33. The molecular weight excluding hydrogens is 428 g/mol. The maximum Gasteiger partial charge on any atom is 0.251 e. The monoisotopic (exact) mass is 458 g/mol. The molecule has 1 amide bonds. The number of rotatable bonds is 7. The van der Waals surface area contributed by atoms with Crippen molar-refractivity contribution in [2.75, 3.05) is 43.0 Å². The van der Waals surface area contributed by atoms with Gasteiger partial charge in [-0.2, -0.15) is 0 Å². The quantitative estimate of drug-likeness (QED) is 0.689. The van der Waals surface area contributed by atoms with Gasteiger partial charge in [0, 0.05) is 37.3 Å². The van der Waals surface area contributed by atoms with Crippen LogP contribution in [0, 0.1) is 0 Å². The van der Waals surface area contributed by atoms with E-state index in [1.54, 1.807) is 24.3 Å². The Labute approximate surface area is 189 Å². The van der Waals surface area contributed by atoms with Crippen molar-refractivity contribution >= 4 is 21.6 Å². The predicted molar refractivity (Wildman–Crippen MR) is 124 cm³/mol. The van der Waals surface area contributed by atoms with E-state index in [9.17, 15) is 13.2 Å². The lowest BCUT2D eigenvalue weighted by Gasteiger charge is -2.38. The fraction of sp³-hybridized carbons (Fsp3) is 0.458. The number of hydrogen-bond donors (Lipinski definition) is 1. The topological polar surface area (TPSA) is 84.9 Å². The van der Waals surface area contributed by atoms with Gasteiger partial charge in [-0.15, -0.1) is 0 Å². The lowest BCUT2D eigenvalue weighted by molar-refractivity contribution is 0.0487. The summed E-state index contributed by atoms with van der Waals surface area (Å²) < 4.78 is 36.8. The summed E-state index contributed by atoms with van der Waals surface area (Å²) in [6.07, 6.45) is 2.28. The van der Waals surface area contributed by atoms with Crippen LogP contribution < -0.4 is 14.4 Å². The Hall–Kier alpha value is -2.58. The highest BCUT2D eigenvalue weighted by Crippen LogP contribution is 2.35. The molecule has 0 saturated carbocycles. The van der Waals surface area contributed by atoms with Gasteiger partial charge in [0.25, 0.3) is 5.91 Å². The van der Waals surface area contributed by atoms with Crippen LogP contribution in [-0.2, 0) is 20.2 Å². The van der Waals surface area contributed by atoms with Gasteiger partial charge in [0.15, 0.2) is 0 Å². The lowest BCUT2D eigenvalue weighted by Crippen LogP contribution is -2.44. The van der Waals surface area contributed by atoms with Crippen molar-refractivity contribution in [3.05, 3.63) is 59.7 Å². The number of ether oxygens (including phenoxy) is 2. The fourth-order valence-electron chi connectivity index (χ4n) is 4.46. The Balaban J connectivity index is 1.45. The Bertz CT molecular complexity index is 1030. The summed E-state index contributed by atoms with van der Waals surface area (Å²) >= 11 is 0. The van der Waals surface area contributed by atoms with E-state index in [1.165, 1.54) is 9.87 Å². The molecule has 2 saturated heterocycles. The number of nitrogens with zero attached hydrogens (tertiary/aromatic N) is 1. The molecule has 7 nitrogen and oxygen atoms in total. The standard InChI is InChI=1S/C24H30N2O5S/c1-2-31-22-10-6-20(7-11-22)24(12-15-30-16-13-24)18-25-23(27)19-4-8-21(9-5-19)26-14-3-17-32(26,28)29/h4-11H,2-3,12-18H2,1H3,(H,25,27). The van der Waals surface area contributed by atoms with Gasteiger partial charge in [-0.05, 0) is 68.1 Å². The smallest absolute Gasteiger partial charge is 0.251 e. The Morgan fingerprint density at radius 1 is 1.09 bits per heavy atom. The van der Waals surface area contributed by atoms with E-state index >= 15 is 0 Å². The molecule has 32 heavy (non-hydrogen) atoms. The molecule has 0 aromatic heterocycles. The number of hydrogen-bond acceptors (Lipinski definition) is 5. The van der Waals surface area contributed by atoms with Crippen LogP contribution in [0.4, 0.5) is 5.69 Å². The minimum atomic E-state index is -3.23. The van der Waals surface area contributed by atoms with E-state index < -0.39 is 10.0 Å². The Morgan fingerprint density at radius 2 is 1.78 bits per heavy atom. The third kappa shape index (κ3) is 4.76. The van der Waals surface area contributed by atoms with Crippen molar-refractivity contribution in [2.45, 2.75) is 31.6 Å². The molecule has 0 bridgehead atoms. The zero-order chi connectivity index (χ0) is 22.6. The third-order valence-corrected chi connectivity index (χ3v) is 8.20. The molecule has 0 spiro atoms. The normalized spacial score (nSPS) is 19.5. The van der Waals surface area contributed by atoms with Crippen molar-refractivity contribution in [1.82, 2.24) is 5.32 Å². The molecule has 2 aromatic carbocycles. The van der Waals surface area contributed by atoms with Crippen LogP contribution in [0.1, 0.15) is 42.1 Å². The van der Waals surface area contributed by atoms with E-state index in [1.807, 2.05) is 19.1 Å². The highest BCUT2D eigenvalue weighted by molar-refractivity contribution is 7.93. The molecule has 0 radical (unpaired) electrons. The van der Waals surface area contributed by atoms with E-state index in [0.717, 1.165) is 18.6 Å². The minimum Gasteiger partial charge on any atom is -0.494 e. The van der Waals surface area contributed by atoms with Gasteiger partial charge in [-0.25, -0.2) is 8.42 Å². The number of benzene rings is 2. The van der Waals surface area contributed by atoms with Crippen LogP contribution in [0.5, 0.6) is 5.75 Å². The number of nitrogens with one attached hydrogen (secondary N) is 1. The maximum absolute atomic E-state index is 12.9. The highest BCUT2D eigenvalue weighted by atomic mass is 32.2. The minimum absolute atomic E-state index is 0.169. The summed E-state index contributed by atoms with van der Waals surface area (Å²) in [5.74, 6) is 0.840. The molecule has 1 N–H and O–H groups in total. The average molecular weight is 459 g/mol. The van der Waals surface area contributed by atoms with Gasteiger partial charge in [-0.3, -0.25) is 9.10 Å². The highest BCUT2D eigenvalue weighted by Gasteiger charge is 2.35. The van der Waals surface area contributed by atoms with E-state index in [-0.39, 0.29) is 17.1 Å². The first-order chi connectivity index (χ1) is 15.4. The van der Waals surface area contributed by atoms with Crippen LogP contribution in [0.15, 0.2) is 48.5 Å². The zero-order valence-electron chi connectivity index (χ0n) is 18.4. The van der Waals surface area contributed by atoms with Crippen molar-refractivity contribution in [3.8, 4) is 5.75 Å². The molecule has 2 heterocycles. The van der Waals surface area contributed by atoms with Gasteiger partial charge in [0.05, 0.1) is 18.0 Å². The molecule has 2 aromatic rings. The van der Waals surface area contributed by atoms with Gasteiger partial charge in [0.2, 0.25) is 10.0 Å². The van der Waals surface area contributed by atoms with Gasteiger partial charge >= 0.3 is 0 Å². The molecule has 0 unspecified atom stereocenters. The molecule has 4 rings (SSSR count). The first-order valence-electron chi connectivity index (χ1n) is 11.1. The molecule has 2 aliphatic rings. The van der Waals surface area contributed by atoms with Crippen LogP contribution in [-0.4, -0.2) is 53.0 Å². The summed E-state index contributed by atoms with van der Waals surface area (Å²) in [6.45, 7) is 4.88. The second-order valence-corrected chi connectivity index (χ2v) is 10.3. The van der Waals surface area contributed by atoms with Crippen LogP contribution >= 0.6 is 0 Å². The van der Waals surface area contributed by atoms with Gasteiger partial charge in [-0.1, -0.05) is 12.1 Å². The lowest BCUT2D eigenvalue weighted by atomic mass is 9.74. The zero-order valence-corrected chi connectivity index (χ0v) is 19.2. The molecular formula is C24H30N2O5S. The second kappa shape index (κ2) is 9.50. The summed E-state index contributed by atoms with van der Waals surface area (Å²) in [5.41, 5.74) is 2.09. The second-order valence-electron chi connectivity index (χ2n) is 8.32. The van der Waals surface area contributed by atoms with Crippen LogP contribution in [0.25, 0.3) is 0 Å². The van der Waals surface area contributed by atoms with E-state index in [2.05, 4.69) is 17.4 Å². The number of amides is 1. The summed E-state index contributed by atoms with van der Waals surface area (Å²) in [6, 6.07) is 14.9.